The zero-order valence-electron chi connectivity index (χ0n) is 20.6. The van der Waals surface area contributed by atoms with E-state index in [9.17, 15) is 9.59 Å². The van der Waals surface area contributed by atoms with Gasteiger partial charge in [-0.05, 0) is 74.2 Å². The maximum Gasteiger partial charge on any atom is 0.246 e. The molecule has 9 heteroatoms. The fraction of sp³-hybridized carbons (Fsp3) is 0.481. The summed E-state index contributed by atoms with van der Waals surface area (Å²) in [6.07, 6.45) is 3.49. The highest BCUT2D eigenvalue weighted by molar-refractivity contribution is 9.10. The summed E-state index contributed by atoms with van der Waals surface area (Å²) in [5.41, 5.74) is 1.94. The summed E-state index contributed by atoms with van der Waals surface area (Å²) in [5, 5.41) is 3.73. The Morgan fingerprint density at radius 2 is 1.83 bits per heavy atom. The van der Waals surface area contributed by atoms with Gasteiger partial charge in [0.05, 0.1) is 11.5 Å². The highest BCUT2D eigenvalue weighted by Crippen LogP contribution is 2.42. The van der Waals surface area contributed by atoms with Crippen LogP contribution in [-0.2, 0) is 20.9 Å². The molecule has 2 aliphatic heterocycles. The van der Waals surface area contributed by atoms with Crippen molar-refractivity contribution in [2.75, 3.05) is 39.9 Å². The van der Waals surface area contributed by atoms with E-state index in [0.29, 0.717) is 17.5 Å². The third-order valence-electron chi connectivity index (χ3n) is 7.30. The molecule has 1 unspecified atom stereocenters. The lowest BCUT2D eigenvalue weighted by molar-refractivity contribution is -0.139. The number of hydrogen-bond acceptors (Lipinski definition) is 4. The molecule has 4 rings (SSSR count). The van der Waals surface area contributed by atoms with E-state index < -0.39 is 0 Å². The second kappa shape index (κ2) is 13.2. The first-order chi connectivity index (χ1) is 16.9. The van der Waals surface area contributed by atoms with Gasteiger partial charge in [0.2, 0.25) is 11.8 Å². The van der Waals surface area contributed by atoms with Crippen LogP contribution in [0.5, 0.6) is 0 Å². The van der Waals surface area contributed by atoms with Crippen molar-refractivity contribution in [1.29, 1.82) is 0 Å². The molecule has 2 heterocycles. The Morgan fingerprint density at radius 1 is 1.14 bits per heavy atom. The van der Waals surface area contributed by atoms with Crippen molar-refractivity contribution in [1.82, 2.24) is 15.1 Å². The maximum atomic E-state index is 13.4. The van der Waals surface area contributed by atoms with Crippen molar-refractivity contribution >= 4 is 51.8 Å². The molecule has 0 radical (unpaired) electrons. The first-order valence-corrected chi connectivity index (χ1v) is 13.4. The normalized spacial score (nSPS) is 18.2. The molecule has 2 aromatic rings. The van der Waals surface area contributed by atoms with Gasteiger partial charge in [-0.1, -0.05) is 51.8 Å². The van der Waals surface area contributed by atoms with Crippen LogP contribution >= 0.6 is 39.9 Å². The van der Waals surface area contributed by atoms with Gasteiger partial charge in [-0.25, -0.2) is 0 Å². The van der Waals surface area contributed by atoms with Crippen molar-refractivity contribution in [2.24, 2.45) is 5.41 Å². The van der Waals surface area contributed by atoms with E-state index in [1.165, 1.54) is 12.7 Å². The van der Waals surface area contributed by atoms with Gasteiger partial charge in [0, 0.05) is 36.2 Å². The van der Waals surface area contributed by atoms with E-state index in [2.05, 4.69) is 38.3 Å². The number of nitrogens with one attached hydrogen (secondary N) is 1. The first kappa shape index (κ1) is 28.9. The van der Waals surface area contributed by atoms with Crippen LogP contribution in [0.3, 0.4) is 0 Å². The summed E-state index contributed by atoms with van der Waals surface area (Å²) in [6.45, 7) is 4.18. The highest BCUT2D eigenvalue weighted by Gasteiger charge is 2.47. The molecule has 0 aromatic heterocycles. The average Bonchev–Trinajstić information content (AvgIpc) is 3.14. The van der Waals surface area contributed by atoms with E-state index in [1.54, 1.807) is 0 Å². The minimum Gasteiger partial charge on any atom is -0.375 e. The quantitative estimate of drug-likeness (QED) is 0.429. The van der Waals surface area contributed by atoms with Gasteiger partial charge in [-0.3, -0.25) is 9.59 Å². The number of benzene rings is 2. The molecule has 0 aliphatic carbocycles. The Morgan fingerprint density at radius 3 is 2.50 bits per heavy atom. The van der Waals surface area contributed by atoms with Crippen LogP contribution in [0.2, 0.25) is 5.02 Å². The largest absolute Gasteiger partial charge is 0.375 e. The van der Waals surface area contributed by atoms with Crippen molar-refractivity contribution < 1.29 is 14.3 Å². The van der Waals surface area contributed by atoms with Crippen LogP contribution in [0, 0.1) is 5.41 Å². The number of likely N-dealkylation sites (tertiary alicyclic amines) is 2. The monoisotopic (exact) mass is 597 g/mol. The SMILES string of the molecule is COCC(=O)NC(CCN1CCC2(CC1)CCN(Cc1ccc(Br)cc1)C2=O)c1cccc(Cl)c1.Cl. The van der Waals surface area contributed by atoms with Gasteiger partial charge < -0.3 is 19.9 Å². The topological polar surface area (TPSA) is 61.9 Å². The standard InChI is InChI=1S/C27H33BrClN3O3.ClH/c1-35-19-25(33)30-24(21-3-2-4-23(29)17-21)9-13-31-14-10-27(11-15-31)12-16-32(26(27)34)18-20-5-7-22(28)8-6-20;/h2-8,17,24H,9-16,18-19H2,1H3,(H,30,33);1H. The Bertz CT molecular complexity index is 1030. The number of ether oxygens (including phenoxy) is 1. The number of rotatable bonds is 9. The average molecular weight is 599 g/mol. The summed E-state index contributed by atoms with van der Waals surface area (Å²) in [7, 11) is 1.52. The fourth-order valence-corrected chi connectivity index (χ4v) is 5.71. The third kappa shape index (κ3) is 7.23. The van der Waals surface area contributed by atoms with Crippen LogP contribution < -0.4 is 5.32 Å². The summed E-state index contributed by atoms with van der Waals surface area (Å²) in [6, 6.07) is 15.7. The predicted molar refractivity (Wildman–Crippen MR) is 148 cm³/mol. The Hall–Kier alpha value is -1.64. The molecule has 2 fully saturated rings. The molecule has 0 saturated carbocycles. The van der Waals surface area contributed by atoms with Crippen LogP contribution in [0.15, 0.2) is 53.0 Å². The maximum absolute atomic E-state index is 13.4. The van der Waals surface area contributed by atoms with E-state index in [1.807, 2.05) is 41.3 Å². The minimum atomic E-state index is -0.217. The van der Waals surface area contributed by atoms with E-state index in [-0.39, 0.29) is 36.4 Å². The smallest absolute Gasteiger partial charge is 0.246 e. The number of hydrogen-bond donors (Lipinski definition) is 1. The van der Waals surface area contributed by atoms with E-state index >= 15 is 0 Å². The van der Waals surface area contributed by atoms with Crippen LogP contribution in [0.4, 0.5) is 0 Å². The number of methoxy groups -OCH3 is 1. The summed E-state index contributed by atoms with van der Waals surface area (Å²) < 4.78 is 6.04. The lowest BCUT2D eigenvalue weighted by Gasteiger charge is -2.38. The number of carbonyl (C=O) groups is 2. The highest BCUT2D eigenvalue weighted by atomic mass is 79.9. The summed E-state index contributed by atoms with van der Waals surface area (Å²) >= 11 is 9.67. The molecular formula is C27H34BrCl2N3O3. The van der Waals surface area contributed by atoms with Gasteiger partial charge in [-0.2, -0.15) is 0 Å². The third-order valence-corrected chi connectivity index (χ3v) is 8.06. The van der Waals surface area contributed by atoms with Crippen molar-refractivity contribution in [2.45, 2.75) is 38.3 Å². The Kier molecular flexibility index (Phi) is 10.6. The molecular weight excluding hydrogens is 565 g/mol. The van der Waals surface area contributed by atoms with Crippen LogP contribution in [-0.4, -0.2) is 61.5 Å². The fourth-order valence-electron chi connectivity index (χ4n) is 5.25. The number of carbonyl (C=O) groups excluding carboxylic acids is 2. The Balaban J connectivity index is 0.00000361. The number of nitrogens with zero attached hydrogens (tertiary/aromatic N) is 2. The van der Waals surface area contributed by atoms with Gasteiger partial charge in [0.25, 0.3) is 0 Å². The molecule has 2 saturated heterocycles. The number of piperidine rings is 1. The van der Waals surface area contributed by atoms with E-state index in [0.717, 1.165) is 61.9 Å². The van der Waals surface area contributed by atoms with Crippen LogP contribution in [0.1, 0.15) is 42.9 Å². The Labute approximate surface area is 233 Å². The first-order valence-electron chi connectivity index (χ1n) is 12.2. The van der Waals surface area contributed by atoms with Gasteiger partial charge in [0.15, 0.2) is 0 Å². The zero-order valence-corrected chi connectivity index (χ0v) is 23.7. The van der Waals surface area contributed by atoms with E-state index in [4.69, 9.17) is 16.3 Å². The lowest BCUT2D eigenvalue weighted by Crippen LogP contribution is -2.45. The van der Waals surface area contributed by atoms with Gasteiger partial charge in [-0.15, -0.1) is 12.4 Å². The lowest BCUT2D eigenvalue weighted by atomic mass is 9.77. The molecule has 1 spiro atoms. The van der Waals surface area contributed by atoms with Gasteiger partial charge in [0.1, 0.15) is 6.61 Å². The predicted octanol–water partition coefficient (Wildman–Crippen LogP) is 5.23. The van der Waals surface area contributed by atoms with Crippen molar-refractivity contribution in [3.8, 4) is 0 Å². The molecule has 36 heavy (non-hydrogen) atoms. The minimum absolute atomic E-state index is 0. The molecule has 2 aromatic carbocycles. The molecule has 1 atom stereocenters. The molecule has 2 aliphatic rings. The molecule has 196 valence electrons. The van der Waals surface area contributed by atoms with Gasteiger partial charge >= 0.3 is 0 Å². The molecule has 2 amide bonds. The second-order valence-corrected chi connectivity index (χ2v) is 11.0. The van der Waals surface area contributed by atoms with Crippen molar-refractivity contribution in [3.05, 3.63) is 69.2 Å². The molecule has 0 bridgehead atoms. The summed E-state index contributed by atoms with van der Waals surface area (Å²) in [5.74, 6) is 0.168. The molecule has 6 nitrogen and oxygen atoms in total. The summed E-state index contributed by atoms with van der Waals surface area (Å²) in [4.78, 5) is 30.0. The van der Waals surface area contributed by atoms with Crippen molar-refractivity contribution in [3.63, 3.8) is 0 Å². The van der Waals surface area contributed by atoms with Crippen LogP contribution in [0.25, 0.3) is 0 Å². The second-order valence-electron chi connectivity index (χ2n) is 9.62. The number of amides is 2. The number of halogens is 3. The molecule has 1 N–H and O–H groups in total. The zero-order chi connectivity index (χ0) is 24.8.